The lowest BCUT2D eigenvalue weighted by atomic mass is 10.1. The van der Waals surface area contributed by atoms with Crippen molar-refractivity contribution in [2.24, 2.45) is 0 Å². The number of carbonyl (C=O) groups is 2. The Morgan fingerprint density at radius 1 is 1.19 bits per heavy atom. The van der Waals surface area contributed by atoms with Crippen molar-refractivity contribution >= 4 is 28.4 Å². The van der Waals surface area contributed by atoms with Crippen molar-refractivity contribution in [1.29, 1.82) is 0 Å². The van der Waals surface area contributed by atoms with E-state index in [0.29, 0.717) is 12.2 Å². The molecule has 2 N–H and O–H groups in total. The number of nitrogens with zero attached hydrogens (tertiary/aromatic N) is 1. The van der Waals surface area contributed by atoms with Crippen LogP contribution in [-0.2, 0) is 16.0 Å². The molecule has 1 aliphatic rings. The van der Waals surface area contributed by atoms with Gasteiger partial charge in [-0.15, -0.1) is 0 Å². The highest BCUT2D eigenvalue weighted by Gasteiger charge is 2.39. The van der Waals surface area contributed by atoms with Crippen molar-refractivity contribution in [3.8, 4) is 0 Å². The third kappa shape index (κ3) is 3.36. The third-order valence-corrected chi connectivity index (χ3v) is 4.94. The van der Waals surface area contributed by atoms with Crippen LogP contribution in [0.25, 0.3) is 10.9 Å². The van der Waals surface area contributed by atoms with Gasteiger partial charge in [-0.3, -0.25) is 9.59 Å². The van der Waals surface area contributed by atoms with Crippen molar-refractivity contribution in [2.45, 2.75) is 25.8 Å². The predicted molar refractivity (Wildman–Crippen MR) is 102 cm³/mol. The van der Waals surface area contributed by atoms with Gasteiger partial charge in [-0.05, 0) is 55.3 Å². The van der Waals surface area contributed by atoms with Crippen LogP contribution in [0.5, 0.6) is 0 Å². The lowest BCUT2D eigenvalue weighted by molar-refractivity contribution is -0.121. The molecule has 1 aromatic heterocycles. The van der Waals surface area contributed by atoms with Crippen LogP contribution >= 0.6 is 0 Å². The van der Waals surface area contributed by atoms with Crippen LogP contribution in [0.1, 0.15) is 17.5 Å². The molecule has 0 bridgehead atoms. The van der Waals surface area contributed by atoms with E-state index in [2.05, 4.69) is 35.4 Å². The molecule has 2 heterocycles. The molecule has 2 aromatic carbocycles. The van der Waals surface area contributed by atoms with Gasteiger partial charge in [-0.1, -0.05) is 11.6 Å². The summed E-state index contributed by atoms with van der Waals surface area (Å²) >= 11 is 0. The van der Waals surface area contributed by atoms with Gasteiger partial charge in [0.2, 0.25) is 5.91 Å². The van der Waals surface area contributed by atoms with E-state index in [1.54, 1.807) is 0 Å². The lowest BCUT2D eigenvalue weighted by Gasteiger charge is -2.15. The minimum atomic E-state index is -0.547. The highest BCUT2D eigenvalue weighted by molar-refractivity contribution is 6.22. The number of nitrogens with one attached hydrogen (secondary N) is 2. The van der Waals surface area contributed by atoms with E-state index in [9.17, 15) is 14.0 Å². The lowest BCUT2D eigenvalue weighted by Crippen LogP contribution is -2.39. The second-order valence-electron chi connectivity index (χ2n) is 6.87. The Morgan fingerprint density at radius 3 is 2.74 bits per heavy atom. The fraction of sp³-hybridized carbons (Fsp3) is 0.238. The molecule has 0 aliphatic carbocycles. The number of aromatic nitrogens is 1. The van der Waals surface area contributed by atoms with Gasteiger partial charge in [0.05, 0.1) is 18.2 Å². The summed E-state index contributed by atoms with van der Waals surface area (Å²) in [5.74, 6) is -0.963. The molecule has 5 nitrogen and oxygen atoms in total. The zero-order chi connectivity index (χ0) is 19.0. The summed E-state index contributed by atoms with van der Waals surface area (Å²) in [5, 5.41) is 4.37. The number of rotatable bonds is 5. The number of benzene rings is 2. The zero-order valence-corrected chi connectivity index (χ0v) is 15.0. The summed E-state index contributed by atoms with van der Waals surface area (Å²) in [7, 11) is 0. The van der Waals surface area contributed by atoms with Gasteiger partial charge in [-0.2, -0.15) is 0 Å². The number of aromatic amines is 1. The van der Waals surface area contributed by atoms with Crippen LogP contribution in [0.15, 0.2) is 48.7 Å². The van der Waals surface area contributed by atoms with E-state index >= 15 is 0 Å². The quantitative estimate of drug-likeness (QED) is 0.683. The Balaban J connectivity index is 1.41. The molecular formula is C21H20FN3O2. The zero-order valence-electron chi connectivity index (χ0n) is 15.0. The smallest absolute Gasteiger partial charge is 0.251 e. The first-order valence-electron chi connectivity index (χ1n) is 8.95. The normalized spacial score (nSPS) is 17.3. The molecule has 0 radical (unpaired) electrons. The second kappa shape index (κ2) is 6.96. The van der Waals surface area contributed by atoms with E-state index < -0.39 is 11.9 Å². The number of fused-ring (bicyclic) bond motifs is 1. The monoisotopic (exact) mass is 365 g/mol. The maximum atomic E-state index is 13.1. The standard InChI is InChI=1S/C21H20FN3O2/c1-13-2-7-18-17(10-13)14(12-24-18)8-9-23-19-11-20(26)25(21(19)27)16-5-3-15(22)4-6-16/h2-7,10,12,19,23-24H,8-9,11H2,1H3/t19-/m0/s1. The number of hydrogen-bond donors (Lipinski definition) is 2. The van der Waals surface area contributed by atoms with Gasteiger partial charge in [0.1, 0.15) is 5.82 Å². The number of anilines is 1. The summed E-state index contributed by atoms with van der Waals surface area (Å²) in [4.78, 5) is 29.2. The van der Waals surface area contributed by atoms with Gasteiger partial charge >= 0.3 is 0 Å². The van der Waals surface area contributed by atoms with Gasteiger partial charge in [0.15, 0.2) is 0 Å². The van der Waals surface area contributed by atoms with E-state index in [1.165, 1.54) is 40.8 Å². The van der Waals surface area contributed by atoms with Crippen LogP contribution in [0.2, 0.25) is 0 Å². The van der Waals surface area contributed by atoms with Crippen molar-refractivity contribution in [1.82, 2.24) is 10.3 Å². The first-order chi connectivity index (χ1) is 13.0. The molecule has 0 spiro atoms. The summed E-state index contributed by atoms with van der Waals surface area (Å²) < 4.78 is 13.1. The molecule has 1 aliphatic heterocycles. The van der Waals surface area contributed by atoms with E-state index in [-0.39, 0.29) is 18.2 Å². The number of carbonyl (C=O) groups excluding carboxylic acids is 2. The Bertz CT molecular complexity index is 1010. The average molecular weight is 365 g/mol. The second-order valence-corrected chi connectivity index (χ2v) is 6.87. The molecule has 2 amide bonds. The number of aryl methyl sites for hydroxylation is 1. The van der Waals surface area contributed by atoms with Crippen LogP contribution in [0.4, 0.5) is 10.1 Å². The Hall–Kier alpha value is -2.99. The topological polar surface area (TPSA) is 65.2 Å². The minimum absolute atomic E-state index is 0.114. The van der Waals surface area contributed by atoms with Crippen LogP contribution in [0.3, 0.4) is 0 Å². The van der Waals surface area contributed by atoms with Gasteiger partial charge in [0.25, 0.3) is 5.91 Å². The van der Waals surface area contributed by atoms with Crippen LogP contribution < -0.4 is 10.2 Å². The molecule has 1 saturated heterocycles. The van der Waals surface area contributed by atoms with Crippen molar-refractivity contribution < 1.29 is 14.0 Å². The first kappa shape index (κ1) is 17.4. The summed E-state index contributed by atoms with van der Waals surface area (Å²) in [6.45, 7) is 2.64. The summed E-state index contributed by atoms with van der Waals surface area (Å²) in [6.07, 6.45) is 2.85. The Morgan fingerprint density at radius 2 is 1.96 bits per heavy atom. The van der Waals surface area contributed by atoms with Crippen molar-refractivity contribution in [3.63, 3.8) is 0 Å². The number of hydrogen-bond acceptors (Lipinski definition) is 3. The van der Waals surface area contributed by atoms with Gasteiger partial charge in [0, 0.05) is 23.6 Å². The number of H-pyrrole nitrogens is 1. The maximum absolute atomic E-state index is 13.1. The molecule has 3 aromatic rings. The predicted octanol–water partition coefficient (Wildman–Crippen LogP) is 3.08. The van der Waals surface area contributed by atoms with E-state index in [4.69, 9.17) is 0 Å². The number of halogens is 1. The highest BCUT2D eigenvalue weighted by atomic mass is 19.1. The average Bonchev–Trinajstić information content (AvgIpc) is 3.17. The Labute approximate surface area is 156 Å². The van der Waals surface area contributed by atoms with Crippen LogP contribution in [-0.4, -0.2) is 29.4 Å². The van der Waals surface area contributed by atoms with E-state index in [0.717, 1.165) is 16.8 Å². The molecular weight excluding hydrogens is 345 g/mol. The molecule has 27 heavy (non-hydrogen) atoms. The molecule has 4 rings (SSSR count). The van der Waals surface area contributed by atoms with Crippen molar-refractivity contribution in [3.05, 3.63) is 65.6 Å². The molecule has 6 heteroatoms. The third-order valence-electron chi connectivity index (χ3n) is 4.94. The number of amides is 2. The molecule has 138 valence electrons. The van der Waals surface area contributed by atoms with E-state index in [1.807, 2.05) is 6.20 Å². The molecule has 1 fully saturated rings. The molecule has 0 unspecified atom stereocenters. The van der Waals surface area contributed by atoms with Crippen LogP contribution in [0, 0.1) is 12.7 Å². The van der Waals surface area contributed by atoms with Gasteiger partial charge < -0.3 is 10.3 Å². The fourth-order valence-electron chi connectivity index (χ4n) is 3.53. The van der Waals surface area contributed by atoms with Gasteiger partial charge in [-0.25, -0.2) is 9.29 Å². The highest BCUT2D eigenvalue weighted by Crippen LogP contribution is 2.24. The Kier molecular flexibility index (Phi) is 4.49. The number of imide groups is 1. The largest absolute Gasteiger partial charge is 0.361 e. The minimum Gasteiger partial charge on any atom is -0.361 e. The SMILES string of the molecule is Cc1ccc2[nH]cc(CCN[C@H]3CC(=O)N(c4ccc(F)cc4)C3=O)c2c1. The summed E-state index contributed by atoms with van der Waals surface area (Å²) in [5.41, 5.74) is 3.86. The molecule has 1 atom stereocenters. The molecule has 0 saturated carbocycles. The summed E-state index contributed by atoms with van der Waals surface area (Å²) in [6, 6.07) is 11.1. The van der Waals surface area contributed by atoms with Crippen molar-refractivity contribution in [2.75, 3.05) is 11.4 Å². The fourth-order valence-corrected chi connectivity index (χ4v) is 3.53. The maximum Gasteiger partial charge on any atom is 0.251 e. The first-order valence-corrected chi connectivity index (χ1v) is 8.95.